The molecular formula is C20H31BrN4O. The second-order valence-electron chi connectivity index (χ2n) is 7.98. The van der Waals surface area contributed by atoms with Crippen molar-refractivity contribution in [3.8, 4) is 0 Å². The van der Waals surface area contributed by atoms with Crippen molar-refractivity contribution in [2.75, 3.05) is 46.4 Å². The van der Waals surface area contributed by atoms with E-state index in [0.29, 0.717) is 0 Å². The minimum atomic E-state index is 0.0724. The van der Waals surface area contributed by atoms with E-state index in [-0.39, 0.29) is 11.0 Å². The lowest BCUT2D eigenvalue weighted by Crippen LogP contribution is -2.56. The molecule has 0 radical (unpaired) electrons. The average Bonchev–Trinajstić information content (AvgIpc) is 3.44. The van der Waals surface area contributed by atoms with E-state index < -0.39 is 0 Å². The summed E-state index contributed by atoms with van der Waals surface area (Å²) in [6.45, 7) is 9.97. The van der Waals surface area contributed by atoms with Gasteiger partial charge in [-0.25, -0.2) is 0 Å². The number of hydrogen-bond donors (Lipinski definition) is 2. The zero-order valence-corrected chi connectivity index (χ0v) is 17.7. The highest BCUT2D eigenvalue weighted by Crippen LogP contribution is 2.48. The smallest absolute Gasteiger partial charge is 0.191 e. The first-order valence-electron chi connectivity index (χ1n) is 9.49. The molecule has 26 heavy (non-hydrogen) atoms. The summed E-state index contributed by atoms with van der Waals surface area (Å²) < 4.78 is 6.62. The summed E-state index contributed by atoms with van der Waals surface area (Å²) in [4.78, 5) is 6.91. The Morgan fingerprint density at radius 1 is 1.27 bits per heavy atom. The number of benzene rings is 1. The van der Waals surface area contributed by atoms with E-state index in [1.807, 2.05) is 7.05 Å². The first-order chi connectivity index (χ1) is 12.5. The van der Waals surface area contributed by atoms with E-state index in [1.165, 1.54) is 18.4 Å². The van der Waals surface area contributed by atoms with Crippen LogP contribution in [0.5, 0.6) is 0 Å². The van der Waals surface area contributed by atoms with Crippen LogP contribution < -0.4 is 10.6 Å². The molecule has 1 saturated carbocycles. The third-order valence-electron chi connectivity index (χ3n) is 5.66. The van der Waals surface area contributed by atoms with E-state index in [9.17, 15) is 0 Å². The minimum Gasteiger partial charge on any atom is -0.379 e. The van der Waals surface area contributed by atoms with Crippen LogP contribution in [0.3, 0.4) is 0 Å². The van der Waals surface area contributed by atoms with Crippen molar-refractivity contribution in [2.24, 2.45) is 4.99 Å². The Morgan fingerprint density at radius 3 is 2.62 bits per heavy atom. The maximum absolute atomic E-state index is 5.47. The van der Waals surface area contributed by atoms with Crippen LogP contribution in [0.25, 0.3) is 0 Å². The molecule has 1 saturated heterocycles. The maximum Gasteiger partial charge on any atom is 0.191 e. The summed E-state index contributed by atoms with van der Waals surface area (Å²) in [5.41, 5.74) is 1.73. The number of morpholine rings is 1. The first-order valence-corrected chi connectivity index (χ1v) is 10.3. The highest BCUT2D eigenvalue weighted by atomic mass is 79.9. The van der Waals surface area contributed by atoms with Gasteiger partial charge in [0.2, 0.25) is 0 Å². The summed E-state index contributed by atoms with van der Waals surface area (Å²) in [5, 5.41) is 7.06. The predicted octanol–water partition coefficient (Wildman–Crippen LogP) is 2.76. The topological polar surface area (TPSA) is 48.9 Å². The average molecular weight is 423 g/mol. The van der Waals surface area contributed by atoms with Crippen molar-refractivity contribution in [1.29, 1.82) is 0 Å². The van der Waals surface area contributed by atoms with Crippen molar-refractivity contribution < 1.29 is 4.74 Å². The molecule has 144 valence electrons. The summed E-state index contributed by atoms with van der Waals surface area (Å²) in [6.07, 6.45) is 2.46. The number of aliphatic imine (C=N–C) groups is 1. The van der Waals surface area contributed by atoms with Gasteiger partial charge in [0.1, 0.15) is 0 Å². The predicted molar refractivity (Wildman–Crippen MR) is 111 cm³/mol. The monoisotopic (exact) mass is 422 g/mol. The molecule has 1 aromatic rings. The Bertz CT molecular complexity index is 636. The molecule has 0 unspecified atom stereocenters. The van der Waals surface area contributed by atoms with Crippen LogP contribution >= 0.6 is 15.9 Å². The Balaban J connectivity index is 1.52. The molecule has 0 spiro atoms. The quantitative estimate of drug-likeness (QED) is 0.546. The van der Waals surface area contributed by atoms with Gasteiger partial charge in [0, 0.05) is 48.7 Å². The molecule has 0 atom stereocenters. The van der Waals surface area contributed by atoms with E-state index >= 15 is 0 Å². The van der Waals surface area contributed by atoms with E-state index in [2.05, 4.69) is 74.6 Å². The molecule has 2 N–H and O–H groups in total. The van der Waals surface area contributed by atoms with Crippen molar-refractivity contribution in [3.63, 3.8) is 0 Å². The van der Waals surface area contributed by atoms with Gasteiger partial charge in [0.15, 0.2) is 5.96 Å². The highest BCUT2D eigenvalue weighted by Gasteiger charge is 2.44. The SMILES string of the molecule is CN=C(NCC1(c2cccc(Br)c2)CC1)NCC(C)(C)N1CCOCC1. The minimum absolute atomic E-state index is 0.0724. The number of nitrogens with zero attached hydrogens (tertiary/aromatic N) is 2. The molecule has 6 heteroatoms. The zero-order chi connectivity index (χ0) is 18.6. The van der Waals surface area contributed by atoms with Crippen LogP contribution in [-0.2, 0) is 10.2 Å². The van der Waals surface area contributed by atoms with Crippen LogP contribution in [-0.4, -0.2) is 62.8 Å². The third kappa shape index (κ3) is 4.78. The summed E-state index contributed by atoms with van der Waals surface area (Å²) >= 11 is 3.59. The molecule has 1 aromatic carbocycles. The number of hydrogen-bond acceptors (Lipinski definition) is 3. The van der Waals surface area contributed by atoms with Gasteiger partial charge in [-0.05, 0) is 44.4 Å². The lowest BCUT2D eigenvalue weighted by molar-refractivity contribution is -0.00834. The molecule has 0 bridgehead atoms. The van der Waals surface area contributed by atoms with Crippen molar-refractivity contribution in [1.82, 2.24) is 15.5 Å². The van der Waals surface area contributed by atoms with Crippen LogP contribution in [0.1, 0.15) is 32.3 Å². The van der Waals surface area contributed by atoms with Gasteiger partial charge >= 0.3 is 0 Å². The fourth-order valence-corrected chi connectivity index (χ4v) is 3.99. The summed E-state index contributed by atoms with van der Waals surface area (Å²) in [7, 11) is 1.84. The number of halogens is 1. The lowest BCUT2D eigenvalue weighted by Gasteiger charge is -2.41. The fraction of sp³-hybridized carbons (Fsp3) is 0.650. The molecule has 2 aliphatic rings. The zero-order valence-electron chi connectivity index (χ0n) is 16.1. The van der Waals surface area contributed by atoms with Crippen LogP contribution in [0.4, 0.5) is 0 Å². The molecule has 5 nitrogen and oxygen atoms in total. The first kappa shape index (κ1) is 19.6. The van der Waals surface area contributed by atoms with Gasteiger partial charge < -0.3 is 15.4 Å². The van der Waals surface area contributed by atoms with Gasteiger partial charge in [-0.15, -0.1) is 0 Å². The van der Waals surface area contributed by atoms with E-state index in [4.69, 9.17) is 4.74 Å². The number of nitrogens with one attached hydrogen (secondary N) is 2. The van der Waals surface area contributed by atoms with Gasteiger partial charge in [0.05, 0.1) is 13.2 Å². The fourth-order valence-electron chi connectivity index (χ4n) is 3.59. The highest BCUT2D eigenvalue weighted by molar-refractivity contribution is 9.10. The van der Waals surface area contributed by atoms with Gasteiger partial charge in [0.25, 0.3) is 0 Å². The van der Waals surface area contributed by atoms with E-state index in [0.717, 1.165) is 49.8 Å². The summed E-state index contributed by atoms with van der Waals surface area (Å²) in [5.74, 6) is 0.882. The largest absolute Gasteiger partial charge is 0.379 e. The molecule has 3 rings (SSSR count). The molecular weight excluding hydrogens is 392 g/mol. The Hall–Kier alpha value is -1.11. The molecule has 0 aromatic heterocycles. The second-order valence-corrected chi connectivity index (χ2v) is 8.90. The van der Waals surface area contributed by atoms with Crippen molar-refractivity contribution in [2.45, 2.75) is 37.6 Å². The Kier molecular flexibility index (Phi) is 6.25. The molecule has 1 aliphatic carbocycles. The molecule has 2 fully saturated rings. The standard InChI is InChI=1S/C20H31BrN4O/c1-19(2,25-9-11-26-12-10-25)14-23-18(22-3)24-15-20(7-8-20)16-5-4-6-17(21)13-16/h4-6,13H,7-12,14-15H2,1-3H3,(H2,22,23,24). The number of rotatable bonds is 6. The Morgan fingerprint density at radius 2 is 2.00 bits per heavy atom. The second kappa shape index (κ2) is 8.28. The van der Waals surface area contributed by atoms with Crippen LogP contribution in [0, 0.1) is 0 Å². The number of guanidine groups is 1. The van der Waals surface area contributed by atoms with Gasteiger partial charge in [-0.1, -0.05) is 28.1 Å². The molecule has 1 aliphatic heterocycles. The normalized spacial score (nSPS) is 20.7. The van der Waals surface area contributed by atoms with Crippen LogP contribution in [0.2, 0.25) is 0 Å². The molecule has 0 amide bonds. The van der Waals surface area contributed by atoms with Gasteiger partial charge in [-0.3, -0.25) is 9.89 Å². The lowest BCUT2D eigenvalue weighted by atomic mass is 9.96. The van der Waals surface area contributed by atoms with Crippen molar-refractivity contribution >= 4 is 21.9 Å². The maximum atomic E-state index is 5.47. The third-order valence-corrected chi connectivity index (χ3v) is 6.16. The number of ether oxygens (including phenoxy) is 1. The van der Waals surface area contributed by atoms with Crippen LogP contribution in [0.15, 0.2) is 33.7 Å². The van der Waals surface area contributed by atoms with Crippen molar-refractivity contribution in [3.05, 3.63) is 34.3 Å². The van der Waals surface area contributed by atoms with Gasteiger partial charge in [-0.2, -0.15) is 0 Å². The Labute approximate surface area is 165 Å². The summed E-state index contributed by atoms with van der Waals surface area (Å²) in [6, 6.07) is 8.68. The van der Waals surface area contributed by atoms with E-state index in [1.54, 1.807) is 0 Å². The molecule has 1 heterocycles.